The molecule has 2 nitrogen and oxygen atoms in total. The number of nitrogens with zero attached hydrogens (tertiary/aromatic N) is 2. The van der Waals surface area contributed by atoms with Crippen LogP contribution in [-0.4, -0.2) is 27.7 Å². The molecule has 0 unspecified atom stereocenters. The fraction of sp³-hybridized carbons (Fsp3) is 0.0980. The number of hydrogen-bond donors (Lipinski definition) is 0. The zero-order valence-corrected chi connectivity index (χ0v) is 34.2. The number of hydrogen-bond acceptors (Lipinski definition) is 1. The van der Waals surface area contributed by atoms with E-state index in [-0.39, 0.29) is 0 Å². The van der Waals surface area contributed by atoms with Gasteiger partial charge in [-0.1, -0.05) is 184 Å². The smallest absolute Gasteiger partial charge is 0.160 e. The lowest BCUT2D eigenvalue weighted by atomic mass is 9.92. The van der Waals surface area contributed by atoms with E-state index >= 15 is 0 Å². The van der Waals surface area contributed by atoms with Crippen LogP contribution in [0.15, 0.2) is 180 Å². The minimum Gasteiger partial charge on any atom is -0.233 e. The number of amidine groups is 1. The molecule has 2 heterocycles. The Morgan fingerprint density at radius 3 is 1.35 bits per heavy atom. The maximum atomic E-state index is 5.64. The Hall–Kier alpha value is -5.95. The van der Waals surface area contributed by atoms with E-state index in [9.17, 15) is 0 Å². The quantitative estimate of drug-likeness (QED) is 0.0922. The van der Waals surface area contributed by atoms with Gasteiger partial charge in [0.05, 0.1) is 5.70 Å². The Labute approximate surface area is 327 Å². The Kier molecular flexibility index (Phi) is 8.49. The maximum Gasteiger partial charge on any atom is 0.160 e. The SMILES string of the molecule is C=C(N=C(N=C(C)c1cc2c(cc1-c1ccccc1)-c1ccccc1[Si]2(C)C)c1cc2c(cc1-c1ccccc1)-c1ccccc1[Si]2(C)C)c1ccccc1. The molecule has 7 aromatic rings. The van der Waals surface area contributed by atoms with Gasteiger partial charge in [-0.15, -0.1) is 0 Å². The Balaban J connectivity index is 1.31. The maximum absolute atomic E-state index is 5.64. The van der Waals surface area contributed by atoms with Gasteiger partial charge in [0.25, 0.3) is 0 Å². The van der Waals surface area contributed by atoms with E-state index in [4.69, 9.17) is 9.98 Å². The lowest BCUT2D eigenvalue weighted by Crippen LogP contribution is -2.49. The highest BCUT2D eigenvalue weighted by Gasteiger charge is 2.39. The summed E-state index contributed by atoms with van der Waals surface area (Å²) in [6.45, 7) is 16.6. The molecule has 0 atom stereocenters. The third kappa shape index (κ3) is 5.84. The minimum absolute atomic E-state index is 0.674. The van der Waals surface area contributed by atoms with Gasteiger partial charge in [0.15, 0.2) is 5.84 Å². The van der Waals surface area contributed by atoms with Crippen molar-refractivity contribution in [3.63, 3.8) is 0 Å². The normalized spacial score (nSPS) is 14.9. The van der Waals surface area contributed by atoms with Crippen molar-refractivity contribution < 1.29 is 0 Å². The molecule has 4 heteroatoms. The van der Waals surface area contributed by atoms with Gasteiger partial charge in [-0.25, -0.2) is 9.98 Å². The van der Waals surface area contributed by atoms with E-state index < -0.39 is 16.1 Å². The van der Waals surface area contributed by atoms with Crippen LogP contribution in [0.3, 0.4) is 0 Å². The number of fused-ring (bicyclic) bond motifs is 6. The molecule has 0 N–H and O–H groups in total. The zero-order valence-electron chi connectivity index (χ0n) is 32.2. The number of benzene rings is 7. The summed E-state index contributed by atoms with van der Waals surface area (Å²) >= 11 is 0. The van der Waals surface area contributed by atoms with E-state index in [1.807, 2.05) is 18.2 Å². The number of aliphatic imine (C=N–C) groups is 2. The zero-order chi connectivity index (χ0) is 37.9. The summed E-state index contributed by atoms with van der Waals surface area (Å²) in [6.07, 6.45) is 0. The van der Waals surface area contributed by atoms with Gasteiger partial charge >= 0.3 is 0 Å². The fourth-order valence-electron chi connectivity index (χ4n) is 8.88. The van der Waals surface area contributed by atoms with Crippen molar-refractivity contribution in [3.05, 3.63) is 187 Å². The first-order valence-corrected chi connectivity index (χ1v) is 25.2. The molecule has 266 valence electrons. The topological polar surface area (TPSA) is 24.7 Å². The van der Waals surface area contributed by atoms with Crippen LogP contribution in [0.25, 0.3) is 50.2 Å². The third-order valence-electron chi connectivity index (χ3n) is 11.9. The van der Waals surface area contributed by atoms with Gasteiger partial charge in [-0.3, -0.25) is 0 Å². The summed E-state index contributed by atoms with van der Waals surface area (Å²) in [5, 5.41) is 5.85. The molecule has 7 aromatic carbocycles. The first-order chi connectivity index (χ1) is 26.6. The molecule has 0 bridgehead atoms. The fourth-order valence-corrected chi connectivity index (χ4v) is 15.0. The minimum atomic E-state index is -2.02. The van der Waals surface area contributed by atoms with Crippen molar-refractivity contribution in [1.82, 2.24) is 0 Å². The molecule has 0 amide bonds. The average Bonchev–Trinajstić information content (AvgIpc) is 3.59. The molecular weight excluding hydrogens is 697 g/mol. The molecule has 9 rings (SSSR count). The molecule has 0 aliphatic carbocycles. The average molecular weight is 741 g/mol. The van der Waals surface area contributed by atoms with Gasteiger partial charge in [0, 0.05) is 16.8 Å². The van der Waals surface area contributed by atoms with Crippen LogP contribution in [0, 0.1) is 0 Å². The Morgan fingerprint density at radius 2 is 0.836 bits per heavy atom. The van der Waals surface area contributed by atoms with Crippen molar-refractivity contribution in [2.24, 2.45) is 9.98 Å². The number of rotatable bonds is 6. The highest BCUT2D eigenvalue weighted by Crippen LogP contribution is 2.37. The standard InChI is InChI=1S/C51H44N2Si2/c1-34(36-20-10-7-11-21-36)52-51(46-33-50-45(31-43(46)38-24-14-9-15-25-38)40-27-17-19-29-48(40)55(50,5)6)53-35(2)41-32-49-44(30-42(41)37-22-12-8-13-23-37)39-26-16-18-28-47(39)54(49,3)4/h7-33H,1H2,2-6H3. The second-order valence-electron chi connectivity index (χ2n) is 15.9. The van der Waals surface area contributed by atoms with Crippen molar-refractivity contribution in [2.75, 3.05) is 0 Å². The van der Waals surface area contributed by atoms with Crippen LogP contribution in [0.5, 0.6) is 0 Å². The van der Waals surface area contributed by atoms with E-state index in [0.717, 1.165) is 33.5 Å². The van der Waals surface area contributed by atoms with Gasteiger partial charge < -0.3 is 0 Å². The van der Waals surface area contributed by atoms with Gasteiger partial charge in [0.1, 0.15) is 16.1 Å². The molecule has 0 spiro atoms. The first kappa shape index (κ1) is 34.8. The van der Waals surface area contributed by atoms with Crippen LogP contribution < -0.4 is 20.7 Å². The first-order valence-electron chi connectivity index (χ1n) is 19.2. The highest BCUT2D eigenvalue weighted by atomic mass is 28.3. The van der Waals surface area contributed by atoms with Crippen LogP contribution in [0.2, 0.25) is 26.2 Å². The van der Waals surface area contributed by atoms with Crippen molar-refractivity contribution in [1.29, 1.82) is 0 Å². The third-order valence-corrected chi connectivity index (χ3v) is 19.0. The lowest BCUT2D eigenvalue weighted by Gasteiger charge is -2.22. The van der Waals surface area contributed by atoms with Gasteiger partial charge in [-0.05, 0) is 89.9 Å². The Bertz CT molecular complexity index is 2710. The van der Waals surface area contributed by atoms with Crippen molar-refractivity contribution in [3.8, 4) is 44.5 Å². The molecule has 0 aromatic heterocycles. The molecule has 0 radical (unpaired) electrons. The summed E-state index contributed by atoms with van der Waals surface area (Å²) in [7, 11) is -3.99. The van der Waals surface area contributed by atoms with Crippen molar-refractivity contribution in [2.45, 2.75) is 33.1 Å². The highest BCUT2D eigenvalue weighted by molar-refractivity contribution is 7.04. The van der Waals surface area contributed by atoms with Gasteiger partial charge in [-0.2, -0.15) is 0 Å². The monoisotopic (exact) mass is 740 g/mol. The van der Waals surface area contributed by atoms with Crippen LogP contribution >= 0.6 is 0 Å². The predicted octanol–water partition coefficient (Wildman–Crippen LogP) is 10.6. The van der Waals surface area contributed by atoms with Gasteiger partial charge in [0.2, 0.25) is 0 Å². The molecule has 0 saturated carbocycles. The molecule has 2 aliphatic heterocycles. The second-order valence-corrected chi connectivity index (χ2v) is 24.6. The van der Waals surface area contributed by atoms with E-state index in [0.29, 0.717) is 11.5 Å². The van der Waals surface area contributed by atoms with E-state index in [1.54, 1.807) is 0 Å². The molecule has 55 heavy (non-hydrogen) atoms. The molecule has 0 saturated heterocycles. The molecular formula is C51H44N2Si2. The van der Waals surface area contributed by atoms with Crippen LogP contribution in [-0.2, 0) is 0 Å². The largest absolute Gasteiger partial charge is 0.233 e. The summed E-state index contributed by atoms with van der Waals surface area (Å²) < 4.78 is 0. The lowest BCUT2D eigenvalue weighted by molar-refractivity contribution is 1.44. The van der Waals surface area contributed by atoms with Crippen LogP contribution in [0.1, 0.15) is 23.6 Å². The second kappa shape index (κ2) is 13.4. The summed E-state index contributed by atoms with van der Waals surface area (Å²) in [6, 6.07) is 59.5. The summed E-state index contributed by atoms with van der Waals surface area (Å²) in [4.78, 5) is 11.0. The Morgan fingerprint density at radius 1 is 0.418 bits per heavy atom. The molecule has 2 aliphatic rings. The van der Waals surface area contributed by atoms with E-state index in [1.165, 1.54) is 54.1 Å². The summed E-state index contributed by atoms with van der Waals surface area (Å²) in [5.41, 5.74) is 14.8. The van der Waals surface area contributed by atoms with Crippen LogP contribution in [0.4, 0.5) is 0 Å². The predicted molar refractivity (Wildman–Crippen MR) is 242 cm³/mol. The van der Waals surface area contributed by atoms with E-state index in [2.05, 4.69) is 185 Å². The molecule has 0 fully saturated rings. The van der Waals surface area contributed by atoms with Crippen molar-refractivity contribution >= 4 is 54.1 Å². The summed E-state index contributed by atoms with van der Waals surface area (Å²) in [5.74, 6) is 0.674.